The van der Waals surface area contributed by atoms with Crippen LogP contribution in [0.4, 0.5) is 17.1 Å². The Balaban J connectivity index is 1.53. The first-order chi connectivity index (χ1) is 12.9. The Morgan fingerprint density at radius 1 is 1.19 bits per heavy atom. The van der Waals surface area contributed by atoms with Gasteiger partial charge in [0.15, 0.2) is 0 Å². The summed E-state index contributed by atoms with van der Waals surface area (Å²) in [6.07, 6.45) is 0. The van der Waals surface area contributed by atoms with Crippen molar-refractivity contribution in [2.75, 3.05) is 42.9 Å². The summed E-state index contributed by atoms with van der Waals surface area (Å²) in [4.78, 5) is 27.1. The van der Waals surface area contributed by atoms with Gasteiger partial charge < -0.3 is 10.2 Å². The van der Waals surface area contributed by atoms with Crippen LogP contribution in [-0.2, 0) is 4.79 Å². The highest BCUT2D eigenvalue weighted by Gasteiger charge is 2.20. The SMILES string of the molecule is Cc1ccccc1N1CCN(CC(=O)Nc2ccc(Cl)c([N+](=O)[O-])c2)CC1. The van der Waals surface area contributed by atoms with E-state index in [0.717, 1.165) is 26.2 Å². The maximum absolute atomic E-state index is 12.3. The molecule has 0 unspecified atom stereocenters. The molecule has 0 atom stereocenters. The number of benzene rings is 2. The highest BCUT2D eigenvalue weighted by molar-refractivity contribution is 6.32. The number of anilines is 2. The monoisotopic (exact) mass is 388 g/mol. The van der Waals surface area contributed by atoms with Crippen LogP contribution in [0.25, 0.3) is 0 Å². The van der Waals surface area contributed by atoms with Crippen molar-refractivity contribution in [1.82, 2.24) is 4.90 Å². The van der Waals surface area contributed by atoms with Gasteiger partial charge in [-0.05, 0) is 30.7 Å². The van der Waals surface area contributed by atoms with Gasteiger partial charge in [-0.2, -0.15) is 0 Å². The highest BCUT2D eigenvalue weighted by atomic mass is 35.5. The second-order valence-corrected chi connectivity index (χ2v) is 6.93. The van der Waals surface area contributed by atoms with E-state index in [1.165, 1.54) is 23.4 Å². The molecule has 1 amide bonds. The summed E-state index contributed by atoms with van der Waals surface area (Å²) in [6.45, 7) is 5.61. The van der Waals surface area contributed by atoms with E-state index in [2.05, 4.69) is 34.2 Å². The summed E-state index contributed by atoms with van der Waals surface area (Å²) < 4.78 is 0. The highest BCUT2D eigenvalue weighted by Crippen LogP contribution is 2.27. The molecule has 3 rings (SSSR count). The molecular formula is C19H21ClN4O3. The minimum absolute atomic E-state index is 0.0466. The number of piperazine rings is 1. The Hall–Kier alpha value is -2.64. The summed E-state index contributed by atoms with van der Waals surface area (Å²) in [6, 6.07) is 12.5. The minimum atomic E-state index is -0.567. The molecule has 0 bridgehead atoms. The second-order valence-electron chi connectivity index (χ2n) is 6.52. The van der Waals surface area contributed by atoms with Crippen LogP contribution in [0.2, 0.25) is 5.02 Å². The van der Waals surface area contributed by atoms with E-state index in [4.69, 9.17) is 11.6 Å². The van der Waals surface area contributed by atoms with E-state index in [1.807, 2.05) is 12.1 Å². The Morgan fingerprint density at radius 3 is 2.56 bits per heavy atom. The molecule has 1 saturated heterocycles. The third-order valence-corrected chi connectivity index (χ3v) is 4.94. The topological polar surface area (TPSA) is 78.7 Å². The van der Waals surface area contributed by atoms with Crippen molar-refractivity contribution in [2.24, 2.45) is 0 Å². The molecule has 1 fully saturated rings. The van der Waals surface area contributed by atoms with Gasteiger partial charge in [0.25, 0.3) is 5.69 Å². The van der Waals surface area contributed by atoms with E-state index in [9.17, 15) is 14.9 Å². The lowest BCUT2D eigenvalue weighted by atomic mass is 10.1. The number of nitro groups is 1. The Labute approximate surface area is 162 Å². The van der Waals surface area contributed by atoms with Crippen molar-refractivity contribution >= 4 is 34.6 Å². The number of hydrogen-bond acceptors (Lipinski definition) is 5. The first-order valence-corrected chi connectivity index (χ1v) is 9.08. The quantitative estimate of drug-likeness (QED) is 0.628. The largest absolute Gasteiger partial charge is 0.369 e. The number of para-hydroxylation sites is 1. The lowest BCUT2D eigenvalue weighted by Crippen LogP contribution is -2.48. The van der Waals surface area contributed by atoms with Gasteiger partial charge in [-0.1, -0.05) is 29.8 Å². The Kier molecular flexibility index (Phi) is 5.93. The summed E-state index contributed by atoms with van der Waals surface area (Å²) in [5.41, 5.74) is 2.62. The number of nitro benzene ring substituents is 1. The van der Waals surface area contributed by atoms with Gasteiger partial charge in [0.2, 0.25) is 5.91 Å². The number of halogens is 1. The zero-order valence-corrected chi connectivity index (χ0v) is 15.8. The van der Waals surface area contributed by atoms with Gasteiger partial charge >= 0.3 is 0 Å². The lowest BCUT2D eigenvalue weighted by molar-refractivity contribution is -0.384. The molecule has 1 aliphatic rings. The van der Waals surface area contributed by atoms with Crippen LogP contribution in [0.3, 0.4) is 0 Å². The molecule has 7 nitrogen and oxygen atoms in total. The first kappa shape index (κ1) is 19.1. The number of aryl methyl sites for hydroxylation is 1. The van der Waals surface area contributed by atoms with Crippen LogP contribution >= 0.6 is 11.6 Å². The van der Waals surface area contributed by atoms with Crippen LogP contribution in [0.5, 0.6) is 0 Å². The van der Waals surface area contributed by atoms with E-state index >= 15 is 0 Å². The fraction of sp³-hybridized carbons (Fsp3) is 0.316. The number of amides is 1. The average molecular weight is 389 g/mol. The molecule has 1 heterocycles. The van der Waals surface area contributed by atoms with Crippen molar-refractivity contribution in [1.29, 1.82) is 0 Å². The number of carbonyl (C=O) groups excluding carboxylic acids is 1. The normalized spacial score (nSPS) is 14.8. The second kappa shape index (κ2) is 8.37. The van der Waals surface area contributed by atoms with Crippen molar-refractivity contribution in [3.8, 4) is 0 Å². The van der Waals surface area contributed by atoms with Gasteiger partial charge in [0.05, 0.1) is 11.5 Å². The molecule has 0 aliphatic carbocycles. The maximum atomic E-state index is 12.3. The predicted molar refractivity (Wildman–Crippen MR) is 107 cm³/mol. The van der Waals surface area contributed by atoms with Gasteiger partial charge in [0, 0.05) is 43.6 Å². The average Bonchev–Trinajstić information content (AvgIpc) is 2.64. The van der Waals surface area contributed by atoms with E-state index < -0.39 is 4.92 Å². The fourth-order valence-corrected chi connectivity index (χ4v) is 3.39. The molecule has 2 aromatic carbocycles. The number of hydrogen-bond donors (Lipinski definition) is 1. The van der Waals surface area contributed by atoms with Crippen molar-refractivity contribution in [2.45, 2.75) is 6.92 Å². The molecular weight excluding hydrogens is 368 g/mol. The van der Waals surface area contributed by atoms with Crippen LogP contribution in [-0.4, -0.2) is 48.5 Å². The molecule has 8 heteroatoms. The smallest absolute Gasteiger partial charge is 0.289 e. The molecule has 1 aliphatic heterocycles. The number of carbonyl (C=O) groups is 1. The Morgan fingerprint density at radius 2 is 1.89 bits per heavy atom. The molecule has 0 aromatic heterocycles. The molecule has 2 aromatic rings. The fourth-order valence-electron chi connectivity index (χ4n) is 3.20. The zero-order valence-electron chi connectivity index (χ0n) is 15.0. The maximum Gasteiger partial charge on any atom is 0.289 e. The molecule has 142 valence electrons. The first-order valence-electron chi connectivity index (χ1n) is 8.71. The number of nitrogens with zero attached hydrogens (tertiary/aromatic N) is 3. The summed E-state index contributed by atoms with van der Waals surface area (Å²) in [7, 11) is 0. The third kappa shape index (κ3) is 4.75. The third-order valence-electron chi connectivity index (χ3n) is 4.62. The lowest BCUT2D eigenvalue weighted by Gasteiger charge is -2.36. The van der Waals surface area contributed by atoms with E-state index in [1.54, 1.807) is 6.07 Å². The molecule has 0 saturated carbocycles. The predicted octanol–water partition coefficient (Wildman–Crippen LogP) is 3.32. The molecule has 27 heavy (non-hydrogen) atoms. The van der Waals surface area contributed by atoms with Crippen LogP contribution < -0.4 is 10.2 Å². The van der Waals surface area contributed by atoms with E-state index in [-0.39, 0.29) is 23.2 Å². The minimum Gasteiger partial charge on any atom is -0.369 e. The van der Waals surface area contributed by atoms with Crippen molar-refractivity contribution < 1.29 is 9.72 Å². The summed E-state index contributed by atoms with van der Waals surface area (Å²) >= 11 is 5.79. The summed E-state index contributed by atoms with van der Waals surface area (Å²) in [5, 5.41) is 13.7. The van der Waals surface area contributed by atoms with Crippen LogP contribution in [0.1, 0.15) is 5.56 Å². The zero-order chi connectivity index (χ0) is 19.4. The van der Waals surface area contributed by atoms with Gasteiger partial charge in [0.1, 0.15) is 5.02 Å². The van der Waals surface area contributed by atoms with E-state index in [0.29, 0.717) is 5.69 Å². The molecule has 0 spiro atoms. The number of nitrogens with one attached hydrogen (secondary N) is 1. The molecule has 0 radical (unpaired) electrons. The van der Waals surface area contributed by atoms with Crippen LogP contribution in [0, 0.1) is 17.0 Å². The van der Waals surface area contributed by atoms with Gasteiger partial charge in [-0.25, -0.2) is 0 Å². The standard InChI is InChI=1S/C19H21ClN4O3/c1-14-4-2-3-5-17(14)23-10-8-22(9-11-23)13-19(25)21-15-6-7-16(20)18(12-15)24(26)27/h2-7,12H,8-11,13H2,1H3,(H,21,25). The number of rotatable bonds is 5. The summed E-state index contributed by atoms with van der Waals surface area (Å²) in [5.74, 6) is -0.198. The molecule has 1 N–H and O–H groups in total. The van der Waals surface area contributed by atoms with Crippen molar-refractivity contribution in [3.05, 3.63) is 63.2 Å². The van der Waals surface area contributed by atoms with Gasteiger partial charge in [-0.15, -0.1) is 0 Å². The van der Waals surface area contributed by atoms with Crippen LogP contribution in [0.15, 0.2) is 42.5 Å². The van der Waals surface area contributed by atoms with Gasteiger partial charge in [-0.3, -0.25) is 19.8 Å². The van der Waals surface area contributed by atoms with Crippen molar-refractivity contribution in [3.63, 3.8) is 0 Å². The Bertz CT molecular complexity index is 851.